The van der Waals surface area contributed by atoms with Crippen LogP contribution in [0.5, 0.6) is 11.5 Å². The van der Waals surface area contributed by atoms with Gasteiger partial charge in [-0.1, -0.05) is 42.5 Å². The number of rotatable bonds is 3. The zero-order valence-electron chi connectivity index (χ0n) is 25.4. The topological polar surface area (TPSA) is 104 Å². The number of ether oxygens (including phenoxy) is 1. The number of phenols is 1. The van der Waals surface area contributed by atoms with Gasteiger partial charge in [-0.2, -0.15) is 0 Å². The fraction of sp³-hybridized carbons (Fsp3) is 0.444. The van der Waals surface area contributed by atoms with E-state index in [-0.39, 0.29) is 40.7 Å². The fourth-order valence-electron chi connectivity index (χ4n) is 9.44. The predicted octanol–water partition coefficient (Wildman–Crippen LogP) is 6.10. The lowest BCUT2D eigenvalue weighted by Crippen LogP contribution is -2.51. The van der Waals surface area contributed by atoms with E-state index in [4.69, 9.17) is 16.3 Å². The van der Waals surface area contributed by atoms with Crippen molar-refractivity contribution in [3.63, 3.8) is 0 Å². The third-order valence-electron chi connectivity index (χ3n) is 11.6. The number of allylic oxidation sites excluding steroid dienone is 3. The molecule has 1 N–H and O–H groups in total. The van der Waals surface area contributed by atoms with E-state index in [0.717, 1.165) is 59.8 Å². The standard InChI is InChI=1S/C36H34ClFN2O6/c1-36-26(33(43)40(35(36)45)21-7-11-28(38)27(37)15-21)16-25-23(31(36)19-13-18-14-22(41)8-12-29(18)46-17-19)9-10-24-30(25)34(44)39(32(24)42)20-5-3-2-4-6-20/h7-9,11-12,14-15,17,20,24-26,30-31,41H,2-6,10,13,16H2,1H3. The number of nitrogens with zero attached hydrogens (tertiary/aromatic N) is 2. The molecule has 0 aromatic heterocycles. The quantitative estimate of drug-likeness (QED) is 0.320. The number of hydrogen-bond acceptors (Lipinski definition) is 6. The number of halogens is 2. The van der Waals surface area contributed by atoms with E-state index in [1.165, 1.54) is 17.0 Å². The van der Waals surface area contributed by atoms with Crippen molar-refractivity contribution in [2.24, 2.45) is 35.0 Å². The number of phenolic OH excluding ortho intramolecular Hbond substituents is 1. The number of carbonyl (C=O) groups is 4. The summed E-state index contributed by atoms with van der Waals surface area (Å²) in [5.74, 6) is -4.10. The maximum Gasteiger partial charge on any atom is 0.241 e. The van der Waals surface area contributed by atoms with Crippen molar-refractivity contribution in [2.75, 3.05) is 4.90 Å². The van der Waals surface area contributed by atoms with Gasteiger partial charge in [0.2, 0.25) is 23.6 Å². The Labute approximate surface area is 270 Å². The van der Waals surface area contributed by atoms with E-state index >= 15 is 0 Å². The summed E-state index contributed by atoms with van der Waals surface area (Å²) in [6, 6.07) is 8.55. The molecule has 238 valence electrons. The van der Waals surface area contributed by atoms with Crippen molar-refractivity contribution in [3.8, 4) is 11.5 Å². The Balaban J connectivity index is 1.24. The van der Waals surface area contributed by atoms with Crippen LogP contribution in [0.1, 0.15) is 57.4 Å². The fourth-order valence-corrected chi connectivity index (χ4v) is 9.61. The maximum atomic E-state index is 14.6. The lowest BCUT2D eigenvalue weighted by molar-refractivity contribution is -0.144. The van der Waals surface area contributed by atoms with Crippen LogP contribution >= 0.6 is 11.6 Å². The van der Waals surface area contributed by atoms with E-state index in [0.29, 0.717) is 18.6 Å². The smallest absolute Gasteiger partial charge is 0.241 e. The first-order valence-electron chi connectivity index (χ1n) is 16.2. The van der Waals surface area contributed by atoms with E-state index in [2.05, 4.69) is 0 Å². The largest absolute Gasteiger partial charge is 0.508 e. The minimum absolute atomic E-state index is 0.0817. The van der Waals surface area contributed by atoms with Crippen molar-refractivity contribution >= 4 is 40.9 Å². The number of imide groups is 2. The molecule has 2 aromatic carbocycles. The molecule has 3 aliphatic carbocycles. The SMILES string of the molecule is CC12C(=O)N(c3ccc(F)c(Cl)c3)C(=O)C1CC1C(=CCC3C(=O)N(C4CCCCC4)C(=O)C31)C2C1=COc2ccc(O)cc2C1. The van der Waals surface area contributed by atoms with Crippen LogP contribution in [-0.2, 0) is 25.6 Å². The Morgan fingerprint density at radius 3 is 2.52 bits per heavy atom. The van der Waals surface area contributed by atoms with Gasteiger partial charge in [0.1, 0.15) is 17.3 Å². The first-order valence-corrected chi connectivity index (χ1v) is 16.5. The van der Waals surface area contributed by atoms with E-state index in [1.54, 1.807) is 31.4 Å². The minimum atomic E-state index is -1.26. The van der Waals surface area contributed by atoms with E-state index in [9.17, 15) is 28.7 Å². The van der Waals surface area contributed by atoms with Gasteiger partial charge in [-0.15, -0.1) is 0 Å². The van der Waals surface area contributed by atoms with Crippen molar-refractivity contribution < 1.29 is 33.4 Å². The van der Waals surface area contributed by atoms with Crippen LogP contribution in [0, 0.1) is 40.8 Å². The molecule has 3 aliphatic heterocycles. The molecular formula is C36H34ClFN2O6. The molecule has 4 fully saturated rings. The highest BCUT2D eigenvalue weighted by atomic mass is 35.5. The molecule has 6 unspecified atom stereocenters. The molecule has 2 saturated heterocycles. The summed E-state index contributed by atoms with van der Waals surface area (Å²) in [6.07, 6.45) is 9.32. The molecule has 6 aliphatic rings. The number of amides is 4. The molecule has 10 heteroatoms. The molecule has 0 radical (unpaired) electrons. The summed E-state index contributed by atoms with van der Waals surface area (Å²) in [7, 11) is 0. The van der Waals surface area contributed by atoms with Crippen LogP contribution in [0.25, 0.3) is 0 Å². The highest BCUT2D eigenvalue weighted by molar-refractivity contribution is 6.31. The summed E-state index contributed by atoms with van der Waals surface area (Å²) < 4.78 is 20.2. The van der Waals surface area contributed by atoms with Crippen molar-refractivity contribution in [2.45, 2.75) is 64.3 Å². The van der Waals surface area contributed by atoms with Crippen LogP contribution in [0.4, 0.5) is 10.1 Å². The summed E-state index contributed by atoms with van der Waals surface area (Å²) in [5.41, 5.74) is 1.30. The highest BCUT2D eigenvalue weighted by Crippen LogP contribution is 2.63. The van der Waals surface area contributed by atoms with Gasteiger partial charge < -0.3 is 9.84 Å². The van der Waals surface area contributed by atoms with Gasteiger partial charge in [-0.25, -0.2) is 9.29 Å². The zero-order valence-corrected chi connectivity index (χ0v) is 26.1. The average Bonchev–Trinajstić information content (AvgIpc) is 3.42. The second kappa shape index (κ2) is 10.5. The molecule has 0 bridgehead atoms. The van der Waals surface area contributed by atoms with E-state index < -0.39 is 52.6 Å². The number of aromatic hydroxyl groups is 1. The highest BCUT2D eigenvalue weighted by Gasteiger charge is 2.68. The van der Waals surface area contributed by atoms with Gasteiger partial charge in [0, 0.05) is 23.9 Å². The van der Waals surface area contributed by atoms with Crippen LogP contribution in [0.3, 0.4) is 0 Å². The molecule has 46 heavy (non-hydrogen) atoms. The van der Waals surface area contributed by atoms with Crippen LogP contribution in [0.2, 0.25) is 5.02 Å². The predicted molar refractivity (Wildman–Crippen MR) is 166 cm³/mol. The van der Waals surface area contributed by atoms with Crippen LogP contribution < -0.4 is 9.64 Å². The molecule has 8 nitrogen and oxygen atoms in total. The van der Waals surface area contributed by atoms with Gasteiger partial charge in [0.15, 0.2) is 0 Å². The minimum Gasteiger partial charge on any atom is -0.508 e. The van der Waals surface area contributed by atoms with Crippen molar-refractivity contribution in [3.05, 3.63) is 76.3 Å². The molecule has 3 heterocycles. The summed E-state index contributed by atoms with van der Waals surface area (Å²) >= 11 is 6.10. The lowest BCUT2D eigenvalue weighted by atomic mass is 9.51. The number of carbonyl (C=O) groups excluding carboxylic acids is 4. The van der Waals surface area contributed by atoms with E-state index in [1.807, 2.05) is 6.08 Å². The Hall–Kier alpha value is -3.98. The van der Waals surface area contributed by atoms with Gasteiger partial charge in [-0.05, 0) is 80.5 Å². The Kier molecular flexibility index (Phi) is 6.73. The number of hydrogen-bond donors (Lipinski definition) is 1. The summed E-state index contributed by atoms with van der Waals surface area (Å²) in [5, 5.41) is 10.0. The molecule has 6 atom stereocenters. The second-order valence-corrected chi connectivity index (χ2v) is 14.3. The molecular weight excluding hydrogens is 611 g/mol. The molecule has 0 spiro atoms. The van der Waals surface area contributed by atoms with Crippen LogP contribution in [-0.4, -0.2) is 39.7 Å². The zero-order chi connectivity index (χ0) is 32.1. The average molecular weight is 645 g/mol. The van der Waals surface area contributed by atoms with Crippen molar-refractivity contribution in [1.29, 1.82) is 0 Å². The number of benzene rings is 2. The Morgan fingerprint density at radius 1 is 0.978 bits per heavy atom. The van der Waals surface area contributed by atoms with Gasteiger partial charge in [0.05, 0.1) is 40.1 Å². The second-order valence-electron chi connectivity index (χ2n) is 13.9. The van der Waals surface area contributed by atoms with Gasteiger partial charge in [-0.3, -0.25) is 24.1 Å². The third kappa shape index (κ3) is 4.09. The monoisotopic (exact) mass is 644 g/mol. The first-order chi connectivity index (χ1) is 22.1. The summed E-state index contributed by atoms with van der Waals surface area (Å²) in [4.78, 5) is 59.7. The first kappa shape index (κ1) is 29.4. The number of likely N-dealkylation sites (tertiary alicyclic amines) is 1. The Morgan fingerprint density at radius 2 is 1.76 bits per heavy atom. The molecule has 4 amide bonds. The van der Waals surface area contributed by atoms with Gasteiger partial charge in [0.25, 0.3) is 0 Å². The van der Waals surface area contributed by atoms with Gasteiger partial charge >= 0.3 is 0 Å². The normalized spacial score (nSPS) is 32.4. The lowest BCUT2D eigenvalue weighted by Gasteiger charge is -2.50. The number of anilines is 1. The molecule has 2 aromatic rings. The maximum absolute atomic E-state index is 14.6. The molecule has 2 saturated carbocycles. The summed E-state index contributed by atoms with van der Waals surface area (Å²) in [6.45, 7) is 1.80. The van der Waals surface area contributed by atoms with Crippen molar-refractivity contribution in [1.82, 2.24) is 4.90 Å². The van der Waals surface area contributed by atoms with Crippen LogP contribution in [0.15, 0.2) is 59.9 Å². The number of fused-ring (bicyclic) bond motifs is 5. The Bertz CT molecular complexity index is 1780. The molecule has 8 rings (SSSR count). The third-order valence-corrected chi connectivity index (χ3v) is 11.8.